The molecule has 0 aliphatic carbocycles. The second-order valence-corrected chi connectivity index (χ2v) is 3.58. The van der Waals surface area contributed by atoms with Crippen LogP contribution in [0.25, 0.3) is 22.0 Å². The summed E-state index contributed by atoms with van der Waals surface area (Å²) in [4.78, 5) is 0. The fraction of sp³-hybridized carbons (Fsp3) is 0. The fourth-order valence-corrected chi connectivity index (χ4v) is 1.85. The van der Waals surface area contributed by atoms with Gasteiger partial charge in [0.1, 0.15) is 5.75 Å². The Balaban J connectivity index is 2.34. The number of aromatic amines is 1. The van der Waals surface area contributed by atoms with Gasteiger partial charge in [-0.3, -0.25) is 5.10 Å². The Morgan fingerprint density at radius 2 is 2.12 bits per heavy atom. The zero-order valence-corrected chi connectivity index (χ0v) is 8.44. The first-order chi connectivity index (χ1) is 7.86. The molecule has 2 N–H and O–H groups in total. The number of phenols is 1. The third kappa shape index (κ3) is 1.26. The lowest BCUT2D eigenvalue weighted by molar-refractivity contribution is 0.477. The molecule has 3 rings (SSSR count). The van der Waals surface area contributed by atoms with Crippen LogP contribution in [0.2, 0.25) is 0 Å². The Kier molecular flexibility index (Phi) is 1.90. The molecule has 0 aliphatic heterocycles. The third-order valence-electron chi connectivity index (χ3n) is 2.62. The van der Waals surface area contributed by atoms with Crippen LogP contribution < -0.4 is 0 Å². The number of aromatic hydroxyl groups is 1. The number of aromatic nitrogens is 2. The standard InChI is InChI=1S/C13H9N2O/c16-13-7-2-1-4-10(13)9-5-3-6-12-11(9)8-14-15-12/h1,3-8,16H,(H,14,15). The third-order valence-corrected chi connectivity index (χ3v) is 2.62. The van der Waals surface area contributed by atoms with Gasteiger partial charge in [0.2, 0.25) is 0 Å². The highest BCUT2D eigenvalue weighted by Crippen LogP contribution is 2.33. The van der Waals surface area contributed by atoms with Gasteiger partial charge in [0.25, 0.3) is 0 Å². The molecule has 0 bridgehead atoms. The van der Waals surface area contributed by atoms with Crippen molar-refractivity contribution < 1.29 is 5.11 Å². The van der Waals surface area contributed by atoms with E-state index in [4.69, 9.17) is 0 Å². The highest BCUT2D eigenvalue weighted by Gasteiger charge is 2.07. The Morgan fingerprint density at radius 3 is 3.00 bits per heavy atom. The van der Waals surface area contributed by atoms with Crippen LogP contribution >= 0.6 is 0 Å². The molecule has 0 amide bonds. The first-order valence-electron chi connectivity index (χ1n) is 4.98. The molecule has 16 heavy (non-hydrogen) atoms. The van der Waals surface area contributed by atoms with E-state index < -0.39 is 0 Å². The topological polar surface area (TPSA) is 48.9 Å². The molecule has 0 saturated heterocycles. The highest BCUT2D eigenvalue weighted by atomic mass is 16.3. The average Bonchev–Trinajstić information content (AvgIpc) is 2.77. The van der Waals surface area contributed by atoms with Gasteiger partial charge in [0, 0.05) is 10.9 Å². The molecule has 0 aliphatic rings. The van der Waals surface area contributed by atoms with E-state index >= 15 is 0 Å². The molecule has 3 nitrogen and oxygen atoms in total. The van der Waals surface area contributed by atoms with Crippen molar-refractivity contribution in [1.82, 2.24) is 10.2 Å². The van der Waals surface area contributed by atoms with E-state index in [1.54, 1.807) is 18.3 Å². The summed E-state index contributed by atoms with van der Waals surface area (Å²) in [6.07, 6.45) is 1.76. The summed E-state index contributed by atoms with van der Waals surface area (Å²) >= 11 is 0. The van der Waals surface area contributed by atoms with E-state index in [2.05, 4.69) is 16.3 Å². The van der Waals surface area contributed by atoms with E-state index in [9.17, 15) is 5.11 Å². The predicted molar refractivity (Wildman–Crippen MR) is 62.0 cm³/mol. The average molecular weight is 209 g/mol. The maximum atomic E-state index is 9.80. The lowest BCUT2D eigenvalue weighted by atomic mass is 10.0. The number of hydrogen-bond acceptors (Lipinski definition) is 2. The van der Waals surface area contributed by atoms with Crippen LogP contribution in [0.4, 0.5) is 0 Å². The summed E-state index contributed by atoms with van der Waals surface area (Å²) in [5.74, 6) is 0.233. The number of nitrogens with one attached hydrogen (secondary N) is 1. The molecule has 3 aromatic rings. The molecule has 0 spiro atoms. The molecule has 1 aromatic heterocycles. The molecule has 77 valence electrons. The molecule has 0 unspecified atom stereocenters. The second-order valence-electron chi connectivity index (χ2n) is 3.58. The largest absolute Gasteiger partial charge is 0.507 e. The Morgan fingerprint density at radius 1 is 1.19 bits per heavy atom. The number of benzene rings is 2. The SMILES string of the molecule is Oc1c[c]ccc1-c1cccc2[nH]ncc12. The smallest absolute Gasteiger partial charge is 0.124 e. The van der Waals surface area contributed by atoms with E-state index in [0.717, 1.165) is 22.0 Å². The maximum absolute atomic E-state index is 9.80. The highest BCUT2D eigenvalue weighted by molar-refractivity contribution is 5.95. The van der Waals surface area contributed by atoms with Crippen molar-refractivity contribution in [1.29, 1.82) is 0 Å². The van der Waals surface area contributed by atoms with Crippen LogP contribution in [0.5, 0.6) is 5.75 Å². The number of fused-ring (bicyclic) bond motifs is 1. The van der Waals surface area contributed by atoms with Crippen LogP contribution in [0, 0.1) is 6.07 Å². The molecule has 0 fully saturated rings. The Hall–Kier alpha value is -2.29. The summed E-state index contributed by atoms with van der Waals surface area (Å²) in [7, 11) is 0. The van der Waals surface area contributed by atoms with Crippen LogP contribution in [-0.4, -0.2) is 15.3 Å². The lowest BCUT2D eigenvalue weighted by Crippen LogP contribution is -1.80. The van der Waals surface area contributed by atoms with Gasteiger partial charge in [-0.1, -0.05) is 24.3 Å². The summed E-state index contributed by atoms with van der Waals surface area (Å²) in [6, 6.07) is 13.9. The van der Waals surface area contributed by atoms with E-state index in [1.807, 2.05) is 24.3 Å². The van der Waals surface area contributed by atoms with Crippen LogP contribution in [-0.2, 0) is 0 Å². The lowest BCUT2D eigenvalue weighted by Gasteiger charge is -2.04. The normalized spacial score (nSPS) is 10.8. The molecule has 0 saturated carbocycles. The number of nitrogens with zero attached hydrogens (tertiary/aromatic N) is 1. The summed E-state index contributed by atoms with van der Waals surface area (Å²) in [5.41, 5.74) is 2.73. The first kappa shape index (κ1) is 8.97. The number of H-pyrrole nitrogens is 1. The summed E-state index contributed by atoms with van der Waals surface area (Å²) in [5, 5.41) is 17.7. The van der Waals surface area contributed by atoms with Crippen molar-refractivity contribution in [2.24, 2.45) is 0 Å². The van der Waals surface area contributed by atoms with Gasteiger partial charge in [-0.05, 0) is 23.8 Å². The molecular weight excluding hydrogens is 200 g/mol. The fourth-order valence-electron chi connectivity index (χ4n) is 1.85. The van der Waals surface area contributed by atoms with Crippen LogP contribution in [0.3, 0.4) is 0 Å². The second kappa shape index (κ2) is 3.38. The molecule has 2 aromatic carbocycles. The molecule has 1 heterocycles. The monoisotopic (exact) mass is 209 g/mol. The van der Waals surface area contributed by atoms with Gasteiger partial charge in [-0.25, -0.2) is 0 Å². The quantitative estimate of drug-likeness (QED) is 0.647. The van der Waals surface area contributed by atoms with E-state index in [-0.39, 0.29) is 5.75 Å². The number of phenolic OH excluding ortho intramolecular Hbond substituents is 1. The molecular formula is C13H9N2O. The minimum atomic E-state index is 0.233. The van der Waals surface area contributed by atoms with Gasteiger partial charge < -0.3 is 5.11 Å². The maximum Gasteiger partial charge on any atom is 0.124 e. The molecule has 3 heteroatoms. The number of rotatable bonds is 1. The van der Waals surface area contributed by atoms with Gasteiger partial charge in [-0.15, -0.1) is 0 Å². The van der Waals surface area contributed by atoms with Crippen molar-refractivity contribution in [2.45, 2.75) is 0 Å². The van der Waals surface area contributed by atoms with Gasteiger partial charge in [0.15, 0.2) is 0 Å². The van der Waals surface area contributed by atoms with Crippen molar-refractivity contribution in [3.05, 3.63) is 48.7 Å². The molecule has 1 radical (unpaired) electrons. The minimum absolute atomic E-state index is 0.233. The summed E-state index contributed by atoms with van der Waals surface area (Å²) < 4.78 is 0. The van der Waals surface area contributed by atoms with E-state index in [1.165, 1.54) is 0 Å². The zero-order chi connectivity index (χ0) is 11.0. The van der Waals surface area contributed by atoms with Crippen molar-refractivity contribution in [3.63, 3.8) is 0 Å². The first-order valence-corrected chi connectivity index (χ1v) is 4.98. The van der Waals surface area contributed by atoms with Crippen molar-refractivity contribution >= 4 is 10.9 Å². The van der Waals surface area contributed by atoms with Gasteiger partial charge in [-0.2, -0.15) is 5.10 Å². The zero-order valence-electron chi connectivity index (χ0n) is 8.44. The van der Waals surface area contributed by atoms with E-state index in [0.29, 0.717) is 0 Å². The Bertz CT molecular complexity index is 643. The van der Waals surface area contributed by atoms with Crippen LogP contribution in [0.1, 0.15) is 0 Å². The molecule has 0 atom stereocenters. The summed E-state index contributed by atoms with van der Waals surface area (Å²) in [6.45, 7) is 0. The van der Waals surface area contributed by atoms with Crippen LogP contribution in [0.15, 0.2) is 42.6 Å². The van der Waals surface area contributed by atoms with Gasteiger partial charge in [0.05, 0.1) is 11.7 Å². The Labute approximate surface area is 92.4 Å². The van der Waals surface area contributed by atoms with Gasteiger partial charge >= 0.3 is 0 Å². The minimum Gasteiger partial charge on any atom is -0.507 e. The number of hydrogen-bond donors (Lipinski definition) is 2. The van der Waals surface area contributed by atoms with Crippen molar-refractivity contribution in [2.75, 3.05) is 0 Å². The van der Waals surface area contributed by atoms with Crippen molar-refractivity contribution in [3.8, 4) is 16.9 Å². The predicted octanol–water partition coefficient (Wildman–Crippen LogP) is 2.74.